The largest absolute Gasteiger partial charge is 0.497 e. The van der Waals surface area contributed by atoms with Gasteiger partial charge in [-0.25, -0.2) is 15.0 Å². The fourth-order valence-electron chi connectivity index (χ4n) is 4.65. The molecule has 210 valence electrons. The van der Waals surface area contributed by atoms with Crippen LogP contribution in [-0.2, 0) is 17.3 Å². The predicted molar refractivity (Wildman–Crippen MR) is 152 cm³/mol. The lowest BCUT2D eigenvalue weighted by Crippen LogP contribution is -2.37. The van der Waals surface area contributed by atoms with Gasteiger partial charge in [0.1, 0.15) is 5.75 Å². The second-order valence-electron chi connectivity index (χ2n) is 9.49. The molecule has 0 atom stereocenters. The van der Waals surface area contributed by atoms with Crippen LogP contribution >= 0.6 is 11.3 Å². The Bertz CT molecular complexity index is 1490. The van der Waals surface area contributed by atoms with E-state index in [4.69, 9.17) is 14.5 Å². The summed E-state index contributed by atoms with van der Waals surface area (Å²) >= 11 is 1.56. The number of morpholine rings is 1. The number of rotatable bonds is 8. The number of methoxy groups -OCH3 is 1. The molecule has 0 radical (unpaired) electrons. The molecule has 1 fully saturated rings. The number of aryl methyl sites for hydroxylation is 2. The molecule has 0 saturated carbocycles. The summed E-state index contributed by atoms with van der Waals surface area (Å²) in [7, 11) is 1.63. The van der Waals surface area contributed by atoms with Crippen LogP contribution in [0.4, 0.5) is 30.5 Å². The zero-order valence-corrected chi connectivity index (χ0v) is 23.3. The number of nitrogens with one attached hydrogen (secondary N) is 1. The van der Waals surface area contributed by atoms with E-state index in [0.29, 0.717) is 32.0 Å². The first kappa shape index (κ1) is 27.9. The van der Waals surface area contributed by atoms with Crippen molar-refractivity contribution >= 4 is 28.7 Å². The van der Waals surface area contributed by atoms with Crippen LogP contribution in [0, 0.1) is 6.92 Å². The molecule has 40 heavy (non-hydrogen) atoms. The van der Waals surface area contributed by atoms with Crippen LogP contribution in [-0.4, -0.2) is 48.4 Å². The van der Waals surface area contributed by atoms with Gasteiger partial charge >= 0.3 is 6.18 Å². The number of aromatic nitrogens is 3. The van der Waals surface area contributed by atoms with Crippen LogP contribution in [0.1, 0.15) is 29.5 Å². The van der Waals surface area contributed by atoms with Crippen molar-refractivity contribution in [3.63, 3.8) is 0 Å². The highest BCUT2D eigenvalue weighted by atomic mass is 32.1. The first-order valence-corrected chi connectivity index (χ1v) is 13.9. The molecule has 0 bridgehead atoms. The number of alkyl halides is 3. The monoisotopic (exact) mass is 569 g/mol. The molecule has 2 aromatic carbocycles. The summed E-state index contributed by atoms with van der Waals surface area (Å²) in [5, 5.41) is 3.96. The van der Waals surface area contributed by atoms with Crippen molar-refractivity contribution < 1.29 is 22.6 Å². The first-order chi connectivity index (χ1) is 19.2. The Morgan fingerprint density at radius 1 is 1.07 bits per heavy atom. The number of hydrogen-bond donors (Lipinski definition) is 1. The average Bonchev–Trinajstić information content (AvgIpc) is 3.37. The van der Waals surface area contributed by atoms with Gasteiger partial charge in [0.15, 0.2) is 0 Å². The van der Waals surface area contributed by atoms with Crippen LogP contribution in [0.25, 0.3) is 21.8 Å². The molecule has 1 N–H and O–H groups in total. The van der Waals surface area contributed by atoms with Gasteiger partial charge in [-0.15, -0.1) is 11.3 Å². The average molecular weight is 570 g/mol. The summed E-state index contributed by atoms with van der Waals surface area (Å²) in [6.45, 7) is 5.70. The van der Waals surface area contributed by atoms with Crippen molar-refractivity contribution in [3.05, 3.63) is 64.8 Å². The molecule has 11 heteroatoms. The van der Waals surface area contributed by atoms with Crippen LogP contribution in [0.15, 0.2) is 48.7 Å². The second-order valence-corrected chi connectivity index (χ2v) is 10.6. The Hall–Kier alpha value is -3.70. The third-order valence-corrected chi connectivity index (χ3v) is 7.63. The van der Waals surface area contributed by atoms with Gasteiger partial charge in [0, 0.05) is 36.2 Å². The molecule has 0 unspecified atom stereocenters. The molecule has 0 aliphatic carbocycles. The summed E-state index contributed by atoms with van der Waals surface area (Å²) in [5.74, 6) is 0.931. The molecular weight excluding hydrogens is 539 g/mol. The molecular formula is C29H30F3N5O2S. The zero-order chi connectivity index (χ0) is 28.3. The number of thiazole rings is 1. The number of benzene rings is 2. The van der Waals surface area contributed by atoms with Crippen molar-refractivity contribution in [2.24, 2.45) is 0 Å². The number of anilines is 3. The van der Waals surface area contributed by atoms with E-state index in [-0.39, 0.29) is 17.3 Å². The molecule has 5 rings (SSSR count). The van der Waals surface area contributed by atoms with Gasteiger partial charge in [0.25, 0.3) is 0 Å². The van der Waals surface area contributed by atoms with Crippen molar-refractivity contribution in [1.82, 2.24) is 15.0 Å². The third kappa shape index (κ3) is 6.20. The molecule has 7 nitrogen and oxygen atoms in total. The highest BCUT2D eigenvalue weighted by Gasteiger charge is 2.35. The predicted octanol–water partition coefficient (Wildman–Crippen LogP) is 7.14. The molecule has 1 aliphatic rings. The fourth-order valence-corrected chi connectivity index (χ4v) is 5.81. The number of ether oxygens (including phenoxy) is 2. The SMILES string of the molecule is CCCc1nc(-c2cc(C)cc(OC)c2)c(-c2ccnc(Nc3ccc(N4CCOCC4)c(C(F)(F)F)c3)n2)s1. The summed E-state index contributed by atoms with van der Waals surface area (Å²) in [6.07, 6.45) is -1.15. The van der Waals surface area contributed by atoms with Crippen molar-refractivity contribution in [3.8, 4) is 27.6 Å². The lowest BCUT2D eigenvalue weighted by molar-refractivity contribution is -0.137. The Kier molecular flexibility index (Phi) is 8.22. The van der Waals surface area contributed by atoms with Gasteiger partial charge in [-0.3, -0.25) is 0 Å². The minimum absolute atomic E-state index is 0.141. The van der Waals surface area contributed by atoms with Crippen LogP contribution in [0.2, 0.25) is 0 Å². The second kappa shape index (κ2) is 11.8. The fraction of sp³-hybridized carbons (Fsp3) is 0.345. The quantitative estimate of drug-likeness (QED) is 0.242. The molecule has 0 spiro atoms. The van der Waals surface area contributed by atoms with E-state index >= 15 is 0 Å². The van der Waals surface area contributed by atoms with Crippen molar-refractivity contribution in [2.45, 2.75) is 32.9 Å². The highest BCUT2D eigenvalue weighted by molar-refractivity contribution is 7.15. The molecule has 4 aromatic rings. The summed E-state index contributed by atoms with van der Waals surface area (Å²) in [6, 6.07) is 11.9. The highest BCUT2D eigenvalue weighted by Crippen LogP contribution is 2.40. The van der Waals surface area contributed by atoms with Gasteiger partial charge < -0.3 is 19.7 Å². The topological polar surface area (TPSA) is 72.4 Å². The Balaban J connectivity index is 1.49. The smallest absolute Gasteiger partial charge is 0.418 e. The Labute approximate surface area is 235 Å². The van der Waals surface area contributed by atoms with E-state index in [9.17, 15) is 13.2 Å². The van der Waals surface area contributed by atoms with E-state index < -0.39 is 11.7 Å². The van der Waals surface area contributed by atoms with E-state index in [2.05, 4.69) is 22.2 Å². The van der Waals surface area contributed by atoms with Crippen LogP contribution < -0.4 is 15.0 Å². The molecule has 3 heterocycles. The maximum absolute atomic E-state index is 14.0. The summed E-state index contributed by atoms with van der Waals surface area (Å²) in [5.41, 5.74) is 3.05. The molecule has 1 aliphatic heterocycles. The van der Waals surface area contributed by atoms with Crippen molar-refractivity contribution in [2.75, 3.05) is 43.6 Å². The van der Waals surface area contributed by atoms with Crippen LogP contribution in [0.3, 0.4) is 0 Å². The van der Waals surface area contributed by atoms with E-state index in [0.717, 1.165) is 51.4 Å². The van der Waals surface area contributed by atoms with Gasteiger partial charge in [0.2, 0.25) is 5.95 Å². The van der Waals surface area contributed by atoms with E-state index in [1.165, 1.54) is 6.07 Å². The van der Waals surface area contributed by atoms with Crippen LogP contribution in [0.5, 0.6) is 5.75 Å². The number of hydrogen-bond acceptors (Lipinski definition) is 8. The van der Waals surface area contributed by atoms with Crippen molar-refractivity contribution in [1.29, 1.82) is 0 Å². The van der Waals surface area contributed by atoms with E-state index in [1.807, 2.05) is 25.1 Å². The summed E-state index contributed by atoms with van der Waals surface area (Å²) in [4.78, 5) is 16.4. The minimum atomic E-state index is -4.52. The van der Waals surface area contributed by atoms with Gasteiger partial charge in [-0.2, -0.15) is 13.2 Å². The molecule has 1 saturated heterocycles. The Morgan fingerprint density at radius 3 is 2.60 bits per heavy atom. The number of halogens is 3. The number of nitrogens with zero attached hydrogens (tertiary/aromatic N) is 4. The summed E-state index contributed by atoms with van der Waals surface area (Å²) < 4.78 is 52.9. The van der Waals surface area contributed by atoms with Gasteiger partial charge in [-0.05, 0) is 67.8 Å². The lowest BCUT2D eigenvalue weighted by atomic mass is 10.1. The zero-order valence-electron chi connectivity index (χ0n) is 22.5. The molecule has 2 aromatic heterocycles. The maximum Gasteiger partial charge on any atom is 0.418 e. The van der Waals surface area contributed by atoms with Gasteiger partial charge in [0.05, 0.1) is 47.2 Å². The standard InChI is InChI=1S/C29H30F3N5O2S/c1-4-5-25-36-26(19-14-18(2)15-21(16-19)38-3)27(40-25)23-8-9-33-28(35-23)34-20-6-7-24(22(17-20)29(30,31)32)37-10-12-39-13-11-37/h6-9,14-17H,4-5,10-13H2,1-3H3,(H,33,34,35). The molecule has 0 amide bonds. The van der Waals surface area contributed by atoms with Gasteiger partial charge in [-0.1, -0.05) is 6.92 Å². The Morgan fingerprint density at radius 2 is 1.88 bits per heavy atom. The maximum atomic E-state index is 14.0. The minimum Gasteiger partial charge on any atom is -0.497 e. The van der Waals surface area contributed by atoms with E-state index in [1.54, 1.807) is 41.7 Å². The third-order valence-electron chi connectivity index (χ3n) is 6.49. The first-order valence-electron chi connectivity index (χ1n) is 13.0. The lowest BCUT2D eigenvalue weighted by Gasteiger charge is -2.31. The normalized spacial score (nSPS) is 13.9.